The Kier molecular flexibility index (Phi) is 10.7. The van der Waals surface area contributed by atoms with Crippen molar-refractivity contribution in [1.29, 1.82) is 0 Å². The molecule has 2 aromatic carbocycles. The molecule has 0 aliphatic heterocycles. The first-order valence-corrected chi connectivity index (χ1v) is 15.3. The van der Waals surface area contributed by atoms with Crippen molar-refractivity contribution in [1.82, 2.24) is 20.2 Å². The van der Waals surface area contributed by atoms with Gasteiger partial charge in [-0.05, 0) is 57.0 Å². The first kappa shape index (κ1) is 33.4. The summed E-state index contributed by atoms with van der Waals surface area (Å²) in [5.74, 6) is -1.89. The lowest BCUT2D eigenvalue weighted by molar-refractivity contribution is -0.137. The van der Waals surface area contributed by atoms with Crippen molar-refractivity contribution in [3.63, 3.8) is 0 Å². The van der Waals surface area contributed by atoms with Crippen LogP contribution < -0.4 is 14.5 Å². The average molecular weight is 660 g/mol. The molecule has 1 N–H and O–H groups in total. The molecule has 1 aliphatic carbocycles. The van der Waals surface area contributed by atoms with Gasteiger partial charge in [0.15, 0.2) is 5.82 Å². The molecule has 0 radical (unpaired) electrons. The second kappa shape index (κ2) is 14.1. The van der Waals surface area contributed by atoms with Crippen LogP contribution in [0, 0.1) is 5.82 Å². The van der Waals surface area contributed by atoms with E-state index in [1.807, 2.05) is 11.9 Å². The Labute approximate surface area is 256 Å². The van der Waals surface area contributed by atoms with Crippen LogP contribution in [0.4, 0.5) is 23.4 Å². The molecule has 3 atom stereocenters. The van der Waals surface area contributed by atoms with Crippen LogP contribution in [-0.2, 0) is 25.8 Å². The van der Waals surface area contributed by atoms with Crippen molar-refractivity contribution < 1.29 is 40.3 Å². The molecule has 1 aliphatic rings. The lowest BCUT2D eigenvalue weighted by Gasteiger charge is -2.41. The van der Waals surface area contributed by atoms with E-state index in [9.17, 15) is 26.4 Å². The van der Waals surface area contributed by atoms with E-state index in [0.717, 1.165) is 30.6 Å². The molecule has 3 aromatic rings. The number of rotatable bonds is 12. The fraction of sp³-hybridized carbons (Fsp3) is 0.393. The summed E-state index contributed by atoms with van der Waals surface area (Å²) in [5, 5.41) is 2.83. The molecule has 16 heteroatoms. The largest absolute Gasteiger partial charge is 0.487 e. The quantitative estimate of drug-likeness (QED) is 0.166. The zero-order valence-corrected chi connectivity index (χ0v) is 25.2. The van der Waals surface area contributed by atoms with E-state index >= 15 is 4.39 Å². The molecule has 0 saturated heterocycles. The zero-order chi connectivity index (χ0) is 32.1. The van der Waals surface area contributed by atoms with E-state index in [4.69, 9.17) is 16.3 Å². The van der Waals surface area contributed by atoms with Crippen LogP contribution in [0.25, 0.3) is 0 Å². The minimum absolute atomic E-state index is 0.123. The Morgan fingerprint density at radius 1 is 1.18 bits per heavy atom. The Morgan fingerprint density at radius 2 is 1.95 bits per heavy atom. The summed E-state index contributed by atoms with van der Waals surface area (Å²) in [5.41, 5.74) is -0.155. The molecule has 4 rings (SSSR count). The van der Waals surface area contributed by atoms with E-state index in [1.54, 1.807) is 13.1 Å². The molecule has 0 spiro atoms. The standard InChI is InChI=1S/C28H30ClF4N5O5S/c1-34-10-11-37(2)23-13-19(18-4-3-5-20(12-18)28(31,32)33)6-7-24(23)43-25-15-22(30)26(14-21(25)29)44(40,41)38(42-17-39)27-8-9-35-16-36-27/h3-5,8-9,12,14-17,19,23-24,34H,6-7,10-11,13H2,1-2H3/t19-,23-,24-/m0/s1. The number of hydrogen-bond acceptors (Lipinski definition) is 9. The predicted octanol–water partition coefficient (Wildman–Crippen LogP) is 4.81. The van der Waals surface area contributed by atoms with E-state index < -0.39 is 38.6 Å². The highest BCUT2D eigenvalue weighted by Gasteiger charge is 2.38. The normalized spacial score (nSPS) is 19.0. The van der Waals surface area contributed by atoms with E-state index in [-0.39, 0.29) is 39.5 Å². The lowest BCUT2D eigenvalue weighted by atomic mass is 9.79. The summed E-state index contributed by atoms with van der Waals surface area (Å²) in [7, 11) is -1.18. The molecule has 1 fully saturated rings. The number of benzene rings is 2. The highest BCUT2D eigenvalue weighted by Crippen LogP contribution is 2.40. The molecular weight excluding hydrogens is 630 g/mol. The number of nitrogens with zero attached hydrogens (tertiary/aromatic N) is 4. The summed E-state index contributed by atoms with van der Waals surface area (Å²) in [6.07, 6.45) is -1.45. The number of likely N-dealkylation sites (N-methyl/N-ethyl adjacent to an activating group) is 2. The number of nitrogens with one attached hydrogen (secondary N) is 1. The number of anilines is 1. The predicted molar refractivity (Wildman–Crippen MR) is 153 cm³/mol. The maximum Gasteiger partial charge on any atom is 0.416 e. The van der Waals surface area contributed by atoms with Crippen LogP contribution in [0.3, 0.4) is 0 Å². The number of aromatic nitrogens is 2. The Bertz CT molecular complexity index is 1550. The van der Waals surface area contributed by atoms with Gasteiger partial charge in [-0.25, -0.2) is 14.4 Å². The van der Waals surface area contributed by atoms with Crippen LogP contribution >= 0.6 is 11.6 Å². The highest BCUT2D eigenvalue weighted by atomic mass is 35.5. The van der Waals surface area contributed by atoms with Crippen LogP contribution in [0.2, 0.25) is 5.02 Å². The first-order chi connectivity index (χ1) is 20.9. The van der Waals surface area contributed by atoms with Gasteiger partial charge in [0.05, 0.1) is 10.6 Å². The molecule has 0 bridgehead atoms. The topological polar surface area (TPSA) is 114 Å². The molecule has 44 heavy (non-hydrogen) atoms. The van der Waals surface area contributed by atoms with Crippen LogP contribution in [-0.4, -0.2) is 69.1 Å². The summed E-state index contributed by atoms with van der Waals surface area (Å²) >= 11 is 6.41. The number of ether oxygens (including phenoxy) is 1. The summed E-state index contributed by atoms with van der Waals surface area (Å²) in [6.45, 7) is 1.06. The van der Waals surface area contributed by atoms with Gasteiger partial charge in [-0.1, -0.05) is 34.3 Å². The molecule has 10 nitrogen and oxygen atoms in total. The Hall–Kier alpha value is -3.53. The fourth-order valence-electron chi connectivity index (χ4n) is 5.16. The van der Waals surface area contributed by atoms with Gasteiger partial charge < -0.3 is 14.9 Å². The van der Waals surface area contributed by atoms with Crippen LogP contribution in [0.5, 0.6) is 5.75 Å². The van der Waals surface area contributed by atoms with Crippen molar-refractivity contribution in [2.45, 2.75) is 48.4 Å². The third kappa shape index (κ3) is 7.57. The zero-order valence-electron chi connectivity index (χ0n) is 23.7. The second-order valence-corrected chi connectivity index (χ2v) is 12.3. The van der Waals surface area contributed by atoms with Gasteiger partial charge in [0.25, 0.3) is 10.0 Å². The number of carbonyl (C=O) groups is 1. The maximum atomic E-state index is 15.4. The van der Waals surface area contributed by atoms with Gasteiger partial charge in [0, 0.05) is 37.5 Å². The van der Waals surface area contributed by atoms with E-state index in [0.29, 0.717) is 37.9 Å². The number of hydrogen-bond donors (Lipinski definition) is 1. The SMILES string of the molecule is CNCCN(C)[C@H]1C[C@@H](c2cccc(C(F)(F)F)c2)CC[C@@H]1Oc1cc(F)c(S(=O)(=O)N(OC=O)c2ccncn2)cc1Cl. The first-order valence-electron chi connectivity index (χ1n) is 13.5. The number of carbonyl (C=O) groups excluding carboxylic acids is 1. The van der Waals surface area contributed by atoms with Crippen LogP contribution in [0.1, 0.15) is 36.3 Å². The van der Waals surface area contributed by atoms with Crippen molar-refractivity contribution in [3.8, 4) is 5.75 Å². The van der Waals surface area contributed by atoms with Crippen molar-refractivity contribution in [3.05, 3.63) is 77.0 Å². The Morgan fingerprint density at radius 3 is 2.61 bits per heavy atom. The molecule has 238 valence electrons. The highest BCUT2D eigenvalue weighted by molar-refractivity contribution is 7.92. The molecule has 0 amide bonds. The van der Waals surface area contributed by atoms with Gasteiger partial charge >= 0.3 is 12.6 Å². The van der Waals surface area contributed by atoms with E-state index in [1.165, 1.54) is 18.3 Å². The molecule has 0 unspecified atom stereocenters. The third-order valence-electron chi connectivity index (χ3n) is 7.37. The van der Waals surface area contributed by atoms with Crippen LogP contribution in [0.15, 0.2) is 59.9 Å². The number of alkyl halides is 3. The molecular formula is C28H30ClF4N5O5S. The fourth-order valence-corrected chi connectivity index (χ4v) is 6.69. The smallest absolute Gasteiger partial charge is 0.416 e. The van der Waals surface area contributed by atoms with Gasteiger partial charge in [0.1, 0.15) is 28.9 Å². The van der Waals surface area contributed by atoms with Gasteiger partial charge in [-0.3, -0.25) is 9.69 Å². The molecule has 1 saturated carbocycles. The third-order valence-corrected chi connectivity index (χ3v) is 9.25. The van der Waals surface area contributed by atoms with Crippen molar-refractivity contribution in [2.24, 2.45) is 0 Å². The van der Waals surface area contributed by atoms with E-state index in [2.05, 4.69) is 20.1 Å². The van der Waals surface area contributed by atoms with Gasteiger partial charge in [-0.15, -0.1) is 0 Å². The van der Waals surface area contributed by atoms with Gasteiger partial charge in [-0.2, -0.15) is 21.6 Å². The Balaban J connectivity index is 1.61. The summed E-state index contributed by atoms with van der Waals surface area (Å²) < 4.78 is 88.4. The number of sulfonamides is 1. The molecule has 1 aromatic heterocycles. The lowest BCUT2D eigenvalue weighted by Crippen LogP contribution is -2.49. The summed E-state index contributed by atoms with van der Waals surface area (Å²) in [4.78, 5) is 24.2. The van der Waals surface area contributed by atoms with Gasteiger partial charge in [0.2, 0.25) is 0 Å². The average Bonchev–Trinajstić information content (AvgIpc) is 3.00. The minimum Gasteiger partial charge on any atom is -0.487 e. The number of halogens is 5. The monoisotopic (exact) mass is 659 g/mol. The summed E-state index contributed by atoms with van der Waals surface area (Å²) in [6, 6.07) is 7.79. The molecule has 1 heterocycles. The van der Waals surface area contributed by atoms with Crippen molar-refractivity contribution in [2.75, 3.05) is 31.7 Å². The maximum absolute atomic E-state index is 15.4. The minimum atomic E-state index is -4.83. The van der Waals surface area contributed by atoms with Crippen molar-refractivity contribution >= 4 is 33.9 Å². The second-order valence-electron chi connectivity index (χ2n) is 10.2.